The maximum Gasteiger partial charge on any atom is 0.177 e. The Labute approximate surface area is 138 Å². The number of fused-ring (bicyclic) bond motifs is 1. The van der Waals surface area contributed by atoms with Crippen LogP contribution in [-0.2, 0) is 11.2 Å². The molecule has 0 fully saturated rings. The number of halogens is 2. The molecule has 2 aromatic rings. The number of benzene rings is 2. The summed E-state index contributed by atoms with van der Waals surface area (Å²) >= 11 is 11.3. The molecule has 0 aromatic heterocycles. The average molecular weight is 340 g/mol. The number of ether oxygens (including phenoxy) is 1. The van der Waals surface area contributed by atoms with Crippen molar-refractivity contribution in [2.24, 2.45) is 0 Å². The Kier molecular flexibility index (Phi) is 5.16. The van der Waals surface area contributed by atoms with E-state index in [9.17, 15) is 4.79 Å². The molecule has 1 atom stereocenters. The van der Waals surface area contributed by atoms with E-state index in [4.69, 9.17) is 38.8 Å². The van der Waals surface area contributed by atoms with Gasteiger partial charge in [-0.3, -0.25) is 4.79 Å². The van der Waals surface area contributed by atoms with Crippen molar-refractivity contribution in [1.82, 2.24) is 0 Å². The summed E-state index contributed by atoms with van der Waals surface area (Å²) in [6.45, 7) is 1.76. The third kappa shape index (κ3) is 4.06. The standard InChI is InChI=1S/C10H9ClO2.C6H6ClNO/c1-6-9(12)5-7-4-8(11)2-3-10(7)13-6;7-4-1-2-6(9)5(8)3-4/h2-4,6H,5H2,1H3;1-3,9H,8H2. The monoisotopic (exact) mass is 339 g/mol. The topological polar surface area (TPSA) is 72.5 Å². The highest BCUT2D eigenvalue weighted by Crippen LogP contribution is 2.28. The number of carbonyl (C=O) groups excluding carboxylic acids is 1. The molecular weight excluding hydrogens is 325 g/mol. The van der Waals surface area contributed by atoms with Gasteiger partial charge in [-0.25, -0.2) is 0 Å². The van der Waals surface area contributed by atoms with Gasteiger partial charge in [0.1, 0.15) is 11.5 Å². The predicted octanol–water partition coefficient (Wildman–Crippen LogP) is 3.86. The molecule has 0 aliphatic carbocycles. The lowest BCUT2D eigenvalue weighted by Gasteiger charge is -2.21. The highest BCUT2D eigenvalue weighted by atomic mass is 35.5. The Morgan fingerprint density at radius 2 is 1.82 bits per heavy atom. The summed E-state index contributed by atoms with van der Waals surface area (Å²) in [5, 5.41) is 10.0. The van der Waals surface area contributed by atoms with Crippen molar-refractivity contribution in [3.63, 3.8) is 0 Å². The van der Waals surface area contributed by atoms with Crippen LogP contribution >= 0.6 is 23.2 Å². The molecule has 22 heavy (non-hydrogen) atoms. The molecule has 1 heterocycles. The van der Waals surface area contributed by atoms with Gasteiger partial charge >= 0.3 is 0 Å². The third-order valence-electron chi connectivity index (χ3n) is 3.13. The number of carbonyl (C=O) groups is 1. The van der Waals surface area contributed by atoms with E-state index >= 15 is 0 Å². The smallest absolute Gasteiger partial charge is 0.177 e. The van der Waals surface area contributed by atoms with Gasteiger partial charge in [-0.15, -0.1) is 0 Å². The van der Waals surface area contributed by atoms with Crippen LogP contribution < -0.4 is 10.5 Å². The SMILES string of the molecule is CC1Oc2ccc(Cl)cc2CC1=O.Nc1cc(Cl)ccc1O. The van der Waals surface area contributed by atoms with Crippen molar-refractivity contribution in [3.8, 4) is 11.5 Å². The van der Waals surface area contributed by atoms with Crippen molar-refractivity contribution in [2.75, 3.05) is 5.73 Å². The molecule has 1 aliphatic rings. The van der Waals surface area contributed by atoms with Gasteiger partial charge in [-0.2, -0.15) is 0 Å². The zero-order chi connectivity index (χ0) is 16.3. The van der Waals surface area contributed by atoms with Crippen molar-refractivity contribution >= 4 is 34.7 Å². The Hall–Kier alpha value is -1.91. The molecule has 1 unspecified atom stereocenters. The van der Waals surface area contributed by atoms with Gasteiger partial charge in [-0.05, 0) is 43.3 Å². The van der Waals surface area contributed by atoms with E-state index in [0.29, 0.717) is 22.2 Å². The fourth-order valence-corrected chi connectivity index (χ4v) is 2.29. The molecule has 0 spiro atoms. The zero-order valence-electron chi connectivity index (χ0n) is 11.8. The van der Waals surface area contributed by atoms with Gasteiger partial charge in [0.15, 0.2) is 11.9 Å². The van der Waals surface area contributed by atoms with Crippen molar-refractivity contribution in [1.29, 1.82) is 0 Å². The van der Waals surface area contributed by atoms with E-state index in [-0.39, 0.29) is 17.6 Å². The second-order valence-electron chi connectivity index (χ2n) is 4.86. The van der Waals surface area contributed by atoms with Crippen molar-refractivity contribution in [3.05, 3.63) is 52.0 Å². The van der Waals surface area contributed by atoms with E-state index in [2.05, 4.69) is 0 Å². The fraction of sp³-hybridized carbons (Fsp3) is 0.188. The van der Waals surface area contributed by atoms with Crippen LogP contribution in [0.25, 0.3) is 0 Å². The van der Waals surface area contributed by atoms with Crippen LogP contribution in [0.3, 0.4) is 0 Å². The molecule has 6 heteroatoms. The summed E-state index contributed by atoms with van der Waals surface area (Å²) in [7, 11) is 0. The Balaban J connectivity index is 0.000000172. The van der Waals surface area contributed by atoms with Crippen molar-refractivity contribution in [2.45, 2.75) is 19.4 Å². The number of hydrogen-bond donors (Lipinski definition) is 2. The summed E-state index contributed by atoms with van der Waals surface area (Å²) in [6, 6.07) is 9.88. The maximum atomic E-state index is 11.3. The molecular formula is C16H15Cl2NO3. The molecule has 0 amide bonds. The largest absolute Gasteiger partial charge is 0.506 e. The molecule has 1 aliphatic heterocycles. The number of phenols is 1. The molecule has 3 N–H and O–H groups in total. The van der Waals surface area contributed by atoms with E-state index in [0.717, 1.165) is 11.3 Å². The summed E-state index contributed by atoms with van der Waals surface area (Å²) in [5.74, 6) is 0.950. The summed E-state index contributed by atoms with van der Waals surface area (Å²) in [5.41, 5.74) is 6.48. The first-order valence-electron chi connectivity index (χ1n) is 6.58. The minimum absolute atomic E-state index is 0.0689. The van der Waals surface area contributed by atoms with Crippen LogP contribution in [-0.4, -0.2) is 17.0 Å². The van der Waals surface area contributed by atoms with Crippen LogP contribution in [0, 0.1) is 0 Å². The van der Waals surface area contributed by atoms with E-state index in [1.807, 2.05) is 0 Å². The van der Waals surface area contributed by atoms with Crippen LogP contribution in [0.15, 0.2) is 36.4 Å². The summed E-state index contributed by atoms with van der Waals surface area (Å²) in [6.07, 6.45) is 0.102. The summed E-state index contributed by atoms with van der Waals surface area (Å²) in [4.78, 5) is 11.3. The lowest BCUT2D eigenvalue weighted by molar-refractivity contribution is -0.125. The first kappa shape index (κ1) is 16.5. The first-order valence-corrected chi connectivity index (χ1v) is 7.34. The highest BCUT2D eigenvalue weighted by Gasteiger charge is 2.23. The Bertz CT molecular complexity index is 704. The first-order chi connectivity index (χ1) is 10.4. The van der Waals surface area contributed by atoms with Gasteiger partial charge in [-0.1, -0.05) is 23.2 Å². The molecule has 3 rings (SSSR count). The lowest BCUT2D eigenvalue weighted by Crippen LogP contribution is -2.30. The molecule has 116 valence electrons. The second-order valence-corrected chi connectivity index (χ2v) is 5.73. The van der Waals surface area contributed by atoms with Gasteiger partial charge in [0.25, 0.3) is 0 Å². The summed E-state index contributed by atoms with van der Waals surface area (Å²) < 4.78 is 5.39. The second kappa shape index (κ2) is 6.90. The average Bonchev–Trinajstić information content (AvgIpc) is 2.46. The molecule has 0 saturated heterocycles. The Morgan fingerprint density at radius 3 is 2.45 bits per heavy atom. The van der Waals surface area contributed by atoms with Gasteiger partial charge < -0.3 is 15.6 Å². The number of nitrogens with two attached hydrogens (primary N) is 1. The van der Waals surface area contributed by atoms with Gasteiger partial charge in [0.2, 0.25) is 0 Å². The van der Waals surface area contributed by atoms with Gasteiger partial charge in [0, 0.05) is 22.0 Å². The number of nitrogen functional groups attached to an aromatic ring is 1. The van der Waals surface area contributed by atoms with Crippen molar-refractivity contribution < 1.29 is 14.6 Å². The number of anilines is 1. The molecule has 2 aromatic carbocycles. The lowest BCUT2D eigenvalue weighted by atomic mass is 10.0. The highest BCUT2D eigenvalue weighted by molar-refractivity contribution is 6.31. The number of aromatic hydroxyl groups is 1. The third-order valence-corrected chi connectivity index (χ3v) is 3.60. The van der Waals surface area contributed by atoms with Gasteiger partial charge in [0.05, 0.1) is 5.69 Å². The van der Waals surface area contributed by atoms with E-state index in [1.54, 1.807) is 31.2 Å². The molecule has 0 bridgehead atoms. The normalized spacial score (nSPS) is 16.1. The fourth-order valence-electron chi connectivity index (χ4n) is 1.91. The molecule has 4 nitrogen and oxygen atoms in total. The number of hydrogen-bond acceptors (Lipinski definition) is 4. The predicted molar refractivity (Wildman–Crippen MR) is 87.8 cm³/mol. The maximum absolute atomic E-state index is 11.3. The number of Topliss-reactive ketones (excluding diaryl/α,β-unsaturated/α-hetero) is 1. The zero-order valence-corrected chi connectivity index (χ0v) is 13.4. The number of phenolic OH excluding ortho intramolecular Hbond substituents is 1. The van der Waals surface area contributed by atoms with Crippen LogP contribution in [0.5, 0.6) is 11.5 Å². The molecule has 0 radical (unpaired) electrons. The van der Waals surface area contributed by atoms with E-state index in [1.165, 1.54) is 12.1 Å². The quantitative estimate of drug-likeness (QED) is 0.564. The minimum atomic E-state index is -0.325. The Morgan fingerprint density at radius 1 is 1.18 bits per heavy atom. The van der Waals surface area contributed by atoms with Crippen LogP contribution in [0.1, 0.15) is 12.5 Å². The number of ketones is 1. The molecule has 0 saturated carbocycles. The van der Waals surface area contributed by atoms with E-state index < -0.39 is 0 Å². The number of rotatable bonds is 0. The minimum Gasteiger partial charge on any atom is -0.506 e. The van der Waals surface area contributed by atoms with Crippen LogP contribution in [0.2, 0.25) is 10.0 Å². The van der Waals surface area contributed by atoms with Crippen LogP contribution in [0.4, 0.5) is 5.69 Å².